The molecule has 13 heteroatoms. The maximum atomic E-state index is 12.9. The van der Waals surface area contributed by atoms with Crippen LogP contribution in [-0.2, 0) is 28.9 Å². The zero-order valence-corrected chi connectivity index (χ0v) is 32.5. The van der Waals surface area contributed by atoms with Gasteiger partial charge >= 0.3 is 10.4 Å². The van der Waals surface area contributed by atoms with Crippen molar-refractivity contribution >= 4 is 16.3 Å². The van der Waals surface area contributed by atoms with Crippen LogP contribution in [0.1, 0.15) is 168 Å². The van der Waals surface area contributed by atoms with Crippen molar-refractivity contribution in [3.8, 4) is 0 Å². The van der Waals surface area contributed by atoms with Crippen molar-refractivity contribution in [2.24, 2.45) is 0 Å². The van der Waals surface area contributed by atoms with Crippen LogP contribution in [0.4, 0.5) is 0 Å². The predicted molar refractivity (Wildman–Crippen MR) is 199 cm³/mol. The van der Waals surface area contributed by atoms with Gasteiger partial charge in [-0.05, 0) is 19.3 Å². The Morgan fingerprint density at radius 1 is 0.765 bits per heavy atom. The molecule has 0 radical (unpaired) electrons. The molecule has 0 bridgehead atoms. The number of rotatable bonds is 33. The van der Waals surface area contributed by atoms with Gasteiger partial charge in [-0.1, -0.05) is 154 Å². The van der Waals surface area contributed by atoms with Crippen molar-refractivity contribution in [1.82, 2.24) is 5.32 Å². The van der Waals surface area contributed by atoms with Gasteiger partial charge in [0.1, 0.15) is 24.4 Å². The van der Waals surface area contributed by atoms with Gasteiger partial charge in [-0.25, -0.2) is 4.18 Å². The lowest BCUT2D eigenvalue weighted by Crippen LogP contribution is -2.61. The number of carbonyl (C=O) groups excluding carboxylic acids is 1. The minimum atomic E-state index is -5.07. The molecular formula is C38H73NO11S. The van der Waals surface area contributed by atoms with Crippen LogP contribution in [0.15, 0.2) is 12.2 Å². The van der Waals surface area contributed by atoms with Crippen LogP contribution in [0.5, 0.6) is 0 Å². The second-order valence-corrected chi connectivity index (χ2v) is 15.3. The Kier molecular flexibility index (Phi) is 28.3. The predicted octanol–water partition coefficient (Wildman–Crippen LogP) is 6.43. The Bertz CT molecular complexity index is 983. The molecule has 1 amide bonds. The van der Waals surface area contributed by atoms with Gasteiger partial charge in [0.2, 0.25) is 5.91 Å². The molecule has 1 fully saturated rings. The van der Waals surface area contributed by atoms with E-state index in [0.29, 0.717) is 6.42 Å². The Hall–Kier alpha value is -1.16. The highest BCUT2D eigenvalue weighted by Crippen LogP contribution is 2.26. The van der Waals surface area contributed by atoms with Crippen molar-refractivity contribution in [3.05, 3.63) is 12.2 Å². The SMILES string of the molecule is CCCCCCCCCCCCC/C=C/C(O)C(COC1OC(CO)C(O)C(OS(=O)(=O)O)C1O)NC(=O)CCCCCCCCCCCCC. The molecule has 0 aromatic rings. The molecule has 1 aliphatic rings. The van der Waals surface area contributed by atoms with Crippen LogP contribution in [0.3, 0.4) is 0 Å². The molecule has 1 saturated heterocycles. The molecule has 1 rings (SSSR count). The number of carbonyl (C=O) groups is 1. The molecular weight excluding hydrogens is 678 g/mol. The van der Waals surface area contributed by atoms with Crippen molar-refractivity contribution in [1.29, 1.82) is 0 Å². The number of hydrogen-bond acceptors (Lipinski definition) is 10. The molecule has 0 aromatic heterocycles. The summed E-state index contributed by atoms with van der Waals surface area (Å²) >= 11 is 0. The van der Waals surface area contributed by atoms with E-state index in [-0.39, 0.29) is 18.9 Å². The fourth-order valence-corrected chi connectivity index (χ4v) is 6.90. The van der Waals surface area contributed by atoms with Gasteiger partial charge < -0.3 is 35.2 Å². The van der Waals surface area contributed by atoms with Gasteiger partial charge in [0.05, 0.1) is 25.4 Å². The lowest BCUT2D eigenvalue weighted by molar-refractivity contribution is -0.298. The molecule has 12 nitrogen and oxygen atoms in total. The molecule has 302 valence electrons. The number of aliphatic hydroxyl groups excluding tert-OH is 4. The normalized spacial score (nSPS) is 22.4. The zero-order valence-electron chi connectivity index (χ0n) is 31.7. The van der Waals surface area contributed by atoms with Crippen LogP contribution in [0, 0.1) is 0 Å². The minimum Gasteiger partial charge on any atom is -0.394 e. The number of ether oxygens (including phenoxy) is 2. The Morgan fingerprint density at radius 3 is 1.71 bits per heavy atom. The van der Waals surface area contributed by atoms with Gasteiger partial charge in [0, 0.05) is 6.42 Å². The Morgan fingerprint density at radius 2 is 1.24 bits per heavy atom. The summed E-state index contributed by atoms with van der Waals surface area (Å²) in [5.74, 6) is -0.265. The molecule has 1 aliphatic heterocycles. The maximum Gasteiger partial charge on any atom is 0.397 e. The molecule has 0 saturated carbocycles. The summed E-state index contributed by atoms with van der Waals surface area (Å²) in [7, 11) is -5.07. The third kappa shape index (κ3) is 24.0. The van der Waals surface area contributed by atoms with Gasteiger partial charge in [-0.2, -0.15) is 8.42 Å². The average Bonchev–Trinajstić information content (AvgIpc) is 3.09. The molecule has 7 unspecified atom stereocenters. The van der Waals surface area contributed by atoms with Crippen LogP contribution >= 0.6 is 0 Å². The number of unbranched alkanes of at least 4 members (excludes halogenated alkanes) is 21. The number of amides is 1. The highest BCUT2D eigenvalue weighted by molar-refractivity contribution is 7.80. The fraction of sp³-hybridized carbons (Fsp3) is 0.921. The number of aliphatic hydroxyl groups is 4. The summed E-state index contributed by atoms with van der Waals surface area (Å²) in [5.41, 5.74) is 0. The summed E-state index contributed by atoms with van der Waals surface area (Å²) < 4.78 is 47.3. The van der Waals surface area contributed by atoms with E-state index in [1.165, 1.54) is 103 Å². The van der Waals surface area contributed by atoms with Crippen LogP contribution in [0.2, 0.25) is 0 Å². The van der Waals surface area contributed by atoms with E-state index in [9.17, 15) is 33.6 Å². The fourth-order valence-electron chi connectivity index (χ4n) is 6.39. The van der Waals surface area contributed by atoms with Gasteiger partial charge in [-0.15, -0.1) is 0 Å². The Balaban J connectivity index is 2.63. The van der Waals surface area contributed by atoms with E-state index in [2.05, 4.69) is 23.3 Å². The number of hydrogen-bond donors (Lipinski definition) is 6. The standard InChI is InChI=1S/C38H73NO11S/c1-3-5-7-9-11-13-15-16-18-19-21-23-25-27-32(41)31(39-34(42)28-26-24-22-20-17-14-12-10-8-6-4-2)30-48-38-36(44)37(50-51(45,46)47)35(43)33(29-40)49-38/h25,27,31-33,35-38,40-41,43-44H,3-24,26,28-30H2,1-2H3,(H,39,42)(H,45,46,47)/b27-25+. The van der Waals surface area contributed by atoms with Gasteiger partial charge in [0.25, 0.3) is 0 Å². The first-order valence-corrected chi connectivity index (χ1v) is 21.4. The van der Waals surface area contributed by atoms with E-state index in [1.807, 2.05) is 6.08 Å². The van der Waals surface area contributed by atoms with E-state index < -0.39 is 59.9 Å². The number of allylic oxidation sites excluding steroid dienone is 1. The first kappa shape index (κ1) is 47.9. The highest BCUT2D eigenvalue weighted by atomic mass is 32.3. The second kappa shape index (κ2) is 30.2. The summed E-state index contributed by atoms with van der Waals surface area (Å²) in [5, 5.41) is 44.4. The lowest BCUT2D eigenvalue weighted by Gasteiger charge is -2.41. The van der Waals surface area contributed by atoms with E-state index in [0.717, 1.165) is 38.5 Å². The first-order chi connectivity index (χ1) is 24.5. The Labute approximate surface area is 309 Å². The van der Waals surface area contributed by atoms with E-state index >= 15 is 0 Å². The van der Waals surface area contributed by atoms with Crippen LogP contribution in [0.25, 0.3) is 0 Å². The first-order valence-electron chi connectivity index (χ1n) is 20.1. The van der Waals surface area contributed by atoms with Crippen molar-refractivity contribution < 1.29 is 51.8 Å². The topological polar surface area (TPSA) is 192 Å². The van der Waals surface area contributed by atoms with Crippen LogP contribution in [-0.4, -0.2) is 95.4 Å². The smallest absolute Gasteiger partial charge is 0.394 e. The van der Waals surface area contributed by atoms with Crippen molar-refractivity contribution in [3.63, 3.8) is 0 Å². The maximum absolute atomic E-state index is 12.9. The monoisotopic (exact) mass is 751 g/mol. The van der Waals surface area contributed by atoms with E-state index in [4.69, 9.17) is 14.0 Å². The summed E-state index contributed by atoms with van der Waals surface area (Å²) in [6, 6.07) is -0.935. The second-order valence-electron chi connectivity index (χ2n) is 14.2. The van der Waals surface area contributed by atoms with Gasteiger partial charge in [-0.3, -0.25) is 9.35 Å². The third-order valence-corrected chi connectivity index (χ3v) is 10.0. The van der Waals surface area contributed by atoms with E-state index in [1.54, 1.807) is 6.08 Å². The molecule has 7 atom stereocenters. The van der Waals surface area contributed by atoms with Crippen molar-refractivity contribution in [2.75, 3.05) is 13.2 Å². The molecule has 0 spiro atoms. The molecule has 0 aromatic carbocycles. The quantitative estimate of drug-likeness (QED) is 0.0246. The molecule has 0 aliphatic carbocycles. The highest BCUT2D eigenvalue weighted by Gasteiger charge is 2.48. The largest absolute Gasteiger partial charge is 0.397 e. The number of nitrogens with one attached hydrogen (secondary N) is 1. The average molecular weight is 752 g/mol. The molecule has 6 N–H and O–H groups in total. The summed E-state index contributed by atoms with van der Waals surface area (Å²) in [6.07, 6.45) is 21.2. The summed E-state index contributed by atoms with van der Waals surface area (Å²) in [6.45, 7) is 3.34. The molecule has 51 heavy (non-hydrogen) atoms. The van der Waals surface area contributed by atoms with Crippen LogP contribution < -0.4 is 5.32 Å². The summed E-state index contributed by atoms with van der Waals surface area (Å²) in [4.78, 5) is 12.9. The third-order valence-electron chi connectivity index (χ3n) is 9.57. The minimum absolute atomic E-state index is 0.265. The zero-order chi connectivity index (χ0) is 37.7. The molecule has 1 heterocycles. The van der Waals surface area contributed by atoms with Crippen molar-refractivity contribution in [2.45, 2.75) is 211 Å². The van der Waals surface area contributed by atoms with Gasteiger partial charge in [0.15, 0.2) is 6.29 Å². The lowest BCUT2D eigenvalue weighted by atomic mass is 9.99.